The molecular formula is C13H18ClNO3. The van der Waals surface area contributed by atoms with Crippen LogP contribution >= 0.6 is 11.6 Å². The van der Waals surface area contributed by atoms with Gasteiger partial charge < -0.3 is 14.8 Å². The number of rotatable bonds is 5. The van der Waals surface area contributed by atoms with Crippen LogP contribution < -0.4 is 14.8 Å². The fourth-order valence-corrected chi connectivity index (χ4v) is 1.59. The normalized spacial score (nSPS) is 11.8. The number of hydrogen-bond donors (Lipinski definition) is 1. The van der Waals surface area contributed by atoms with Crippen LogP contribution in [0.1, 0.15) is 20.3 Å². The van der Waals surface area contributed by atoms with Gasteiger partial charge in [-0.25, -0.2) is 0 Å². The molecule has 100 valence electrons. The number of halogens is 1. The number of amides is 1. The molecule has 1 rings (SSSR count). The second kappa shape index (κ2) is 6.50. The average molecular weight is 272 g/mol. The predicted octanol–water partition coefficient (Wildman–Crippen LogP) is 3.34. The summed E-state index contributed by atoms with van der Waals surface area (Å²) in [5, 5.41) is 3.20. The molecule has 5 heteroatoms. The van der Waals surface area contributed by atoms with Crippen LogP contribution in [0.5, 0.6) is 11.5 Å². The molecule has 0 saturated heterocycles. The van der Waals surface area contributed by atoms with Gasteiger partial charge in [0.2, 0.25) is 5.91 Å². The minimum absolute atomic E-state index is 0.0610. The molecule has 0 bridgehead atoms. The van der Waals surface area contributed by atoms with Crippen molar-refractivity contribution in [1.82, 2.24) is 0 Å². The van der Waals surface area contributed by atoms with E-state index in [1.165, 1.54) is 14.2 Å². The van der Waals surface area contributed by atoms with Gasteiger partial charge in [-0.15, -0.1) is 0 Å². The Labute approximate surface area is 112 Å². The number of hydrogen-bond acceptors (Lipinski definition) is 3. The molecule has 1 aromatic rings. The van der Waals surface area contributed by atoms with Crippen molar-refractivity contribution in [2.24, 2.45) is 5.92 Å². The maximum atomic E-state index is 11.8. The first-order valence-corrected chi connectivity index (χ1v) is 6.13. The Morgan fingerprint density at radius 1 is 1.33 bits per heavy atom. The molecule has 0 fully saturated rings. The van der Waals surface area contributed by atoms with E-state index in [1.807, 2.05) is 13.8 Å². The van der Waals surface area contributed by atoms with E-state index in [4.69, 9.17) is 21.1 Å². The highest BCUT2D eigenvalue weighted by Gasteiger charge is 2.15. The summed E-state index contributed by atoms with van der Waals surface area (Å²) < 4.78 is 10.3. The third kappa shape index (κ3) is 3.29. The lowest BCUT2D eigenvalue weighted by atomic mass is 10.1. The summed E-state index contributed by atoms with van der Waals surface area (Å²) in [4.78, 5) is 11.8. The minimum Gasteiger partial charge on any atom is -0.493 e. The third-order valence-corrected chi connectivity index (χ3v) is 3.10. The summed E-state index contributed by atoms with van der Waals surface area (Å²) in [5.74, 6) is 0.936. The zero-order valence-electron chi connectivity index (χ0n) is 11.0. The Balaban J connectivity index is 2.99. The largest absolute Gasteiger partial charge is 0.493 e. The summed E-state index contributed by atoms with van der Waals surface area (Å²) in [6.07, 6.45) is 0.775. The number of anilines is 1. The number of ether oxygens (including phenoxy) is 2. The van der Waals surface area contributed by atoms with E-state index in [0.717, 1.165) is 6.42 Å². The standard InChI is InChI=1S/C13H18ClNO3/c1-5-8(2)13(16)15-10-7-12(18-4)11(17-3)6-9(10)14/h6-8H,5H2,1-4H3,(H,15,16). The molecule has 4 nitrogen and oxygen atoms in total. The van der Waals surface area contributed by atoms with Crippen LogP contribution in [0.15, 0.2) is 12.1 Å². The molecule has 1 atom stereocenters. The number of carbonyl (C=O) groups is 1. The van der Waals surface area contributed by atoms with Crippen molar-refractivity contribution in [3.63, 3.8) is 0 Å². The van der Waals surface area contributed by atoms with E-state index in [1.54, 1.807) is 12.1 Å². The summed E-state index contributed by atoms with van der Waals surface area (Å²) in [7, 11) is 3.07. The van der Waals surface area contributed by atoms with E-state index in [9.17, 15) is 4.79 Å². The first kappa shape index (κ1) is 14.6. The zero-order valence-corrected chi connectivity index (χ0v) is 11.8. The van der Waals surface area contributed by atoms with E-state index >= 15 is 0 Å². The van der Waals surface area contributed by atoms with Crippen LogP contribution in [0.2, 0.25) is 5.02 Å². The second-order valence-electron chi connectivity index (χ2n) is 3.99. The molecule has 0 aliphatic rings. The fourth-order valence-electron chi connectivity index (χ4n) is 1.39. The van der Waals surface area contributed by atoms with Gasteiger partial charge in [-0.2, -0.15) is 0 Å². The summed E-state index contributed by atoms with van der Waals surface area (Å²) in [6.45, 7) is 3.82. The number of nitrogens with one attached hydrogen (secondary N) is 1. The highest BCUT2D eigenvalue weighted by molar-refractivity contribution is 6.34. The van der Waals surface area contributed by atoms with Gasteiger partial charge in [-0.3, -0.25) is 4.79 Å². The molecule has 1 aromatic carbocycles. The van der Waals surface area contributed by atoms with Gasteiger partial charge >= 0.3 is 0 Å². The number of benzene rings is 1. The van der Waals surface area contributed by atoms with Crippen LogP contribution in [0, 0.1) is 5.92 Å². The lowest BCUT2D eigenvalue weighted by Crippen LogP contribution is -2.19. The van der Waals surface area contributed by atoms with Crippen molar-refractivity contribution in [2.45, 2.75) is 20.3 Å². The average Bonchev–Trinajstić information content (AvgIpc) is 2.39. The van der Waals surface area contributed by atoms with Gasteiger partial charge in [0.15, 0.2) is 11.5 Å². The summed E-state index contributed by atoms with van der Waals surface area (Å²) in [5.41, 5.74) is 0.527. The Morgan fingerprint density at radius 3 is 2.39 bits per heavy atom. The lowest BCUT2D eigenvalue weighted by molar-refractivity contribution is -0.119. The van der Waals surface area contributed by atoms with Gasteiger partial charge in [0.1, 0.15) is 0 Å². The van der Waals surface area contributed by atoms with Gasteiger partial charge in [-0.1, -0.05) is 25.4 Å². The quantitative estimate of drug-likeness (QED) is 0.893. The molecule has 1 amide bonds. The van der Waals surface area contributed by atoms with Crippen molar-refractivity contribution >= 4 is 23.2 Å². The molecule has 0 heterocycles. The molecule has 0 saturated carbocycles. The van der Waals surface area contributed by atoms with Crippen molar-refractivity contribution in [2.75, 3.05) is 19.5 Å². The molecule has 0 aliphatic carbocycles. The number of carbonyl (C=O) groups excluding carboxylic acids is 1. The van der Waals surface area contributed by atoms with Crippen molar-refractivity contribution < 1.29 is 14.3 Å². The maximum Gasteiger partial charge on any atom is 0.227 e. The highest BCUT2D eigenvalue weighted by atomic mass is 35.5. The monoisotopic (exact) mass is 271 g/mol. The van der Waals surface area contributed by atoms with E-state index in [-0.39, 0.29) is 11.8 Å². The minimum atomic E-state index is -0.0633. The van der Waals surface area contributed by atoms with Gasteiger partial charge in [0.25, 0.3) is 0 Å². The Bertz CT molecular complexity index is 434. The summed E-state index contributed by atoms with van der Waals surface area (Å²) >= 11 is 6.08. The second-order valence-corrected chi connectivity index (χ2v) is 4.39. The smallest absolute Gasteiger partial charge is 0.227 e. The third-order valence-electron chi connectivity index (χ3n) is 2.79. The van der Waals surface area contributed by atoms with Crippen LogP contribution in [0.25, 0.3) is 0 Å². The van der Waals surface area contributed by atoms with Crippen molar-refractivity contribution in [3.05, 3.63) is 17.2 Å². The maximum absolute atomic E-state index is 11.8. The molecular weight excluding hydrogens is 254 g/mol. The Morgan fingerprint density at radius 2 is 1.89 bits per heavy atom. The molecule has 0 aromatic heterocycles. The Kier molecular flexibility index (Phi) is 5.28. The molecule has 0 aliphatic heterocycles. The molecule has 0 radical (unpaired) electrons. The van der Waals surface area contributed by atoms with E-state index < -0.39 is 0 Å². The summed E-state index contributed by atoms with van der Waals surface area (Å²) in [6, 6.07) is 3.27. The van der Waals surface area contributed by atoms with E-state index in [2.05, 4.69) is 5.32 Å². The van der Waals surface area contributed by atoms with Gasteiger partial charge in [0, 0.05) is 18.1 Å². The topological polar surface area (TPSA) is 47.6 Å². The van der Waals surface area contributed by atoms with Crippen LogP contribution in [-0.2, 0) is 4.79 Å². The first-order chi connectivity index (χ1) is 8.53. The van der Waals surface area contributed by atoms with Gasteiger partial charge in [-0.05, 0) is 6.42 Å². The van der Waals surface area contributed by atoms with Crippen LogP contribution in [0.4, 0.5) is 5.69 Å². The van der Waals surface area contributed by atoms with Crippen molar-refractivity contribution in [1.29, 1.82) is 0 Å². The molecule has 0 spiro atoms. The van der Waals surface area contributed by atoms with Crippen LogP contribution in [0.3, 0.4) is 0 Å². The van der Waals surface area contributed by atoms with Crippen molar-refractivity contribution in [3.8, 4) is 11.5 Å². The van der Waals surface area contributed by atoms with E-state index in [0.29, 0.717) is 22.2 Å². The van der Waals surface area contributed by atoms with Crippen LogP contribution in [-0.4, -0.2) is 20.1 Å². The highest BCUT2D eigenvalue weighted by Crippen LogP contribution is 2.36. The Hall–Kier alpha value is -1.42. The SMILES string of the molecule is CCC(C)C(=O)Nc1cc(OC)c(OC)cc1Cl. The first-order valence-electron chi connectivity index (χ1n) is 5.75. The number of methoxy groups -OCH3 is 2. The lowest BCUT2D eigenvalue weighted by Gasteiger charge is -2.14. The zero-order chi connectivity index (χ0) is 13.7. The van der Waals surface area contributed by atoms with Gasteiger partial charge in [0.05, 0.1) is 24.9 Å². The molecule has 1 unspecified atom stereocenters. The molecule has 18 heavy (non-hydrogen) atoms. The predicted molar refractivity (Wildman–Crippen MR) is 72.6 cm³/mol. The fraction of sp³-hybridized carbons (Fsp3) is 0.462. The molecule has 1 N–H and O–H groups in total.